The highest BCUT2D eigenvalue weighted by molar-refractivity contribution is 5.93. The van der Waals surface area contributed by atoms with E-state index >= 15 is 0 Å². The van der Waals surface area contributed by atoms with Crippen molar-refractivity contribution in [2.24, 2.45) is 0 Å². The first-order chi connectivity index (χ1) is 13.5. The van der Waals surface area contributed by atoms with Crippen molar-refractivity contribution in [2.45, 2.75) is 13.0 Å². The van der Waals surface area contributed by atoms with E-state index in [1.807, 2.05) is 43.4 Å². The van der Waals surface area contributed by atoms with Crippen molar-refractivity contribution in [2.75, 3.05) is 61.9 Å². The smallest absolute Gasteiger partial charge is 0.319 e. The number of urea groups is 1. The molecule has 2 N–H and O–H groups in total. The van der Waals surface area contributed by atoms with Crippen LogP contribution < -0.4 is 20.4 Å². The van der Waals surface area contributed by atoms with E-state index < -0.39 is 0 Å². The van der Waals surface area contributed by atoms with Crippen molar-refractivity contribution in [1.29, 1.82) is 0 Å². The lowest BCUT2D eigenvalue weighted by molar-refractivity contribution is 0.251. The first-order valence-corrected chi connectivity index (χ1v) is 9.90. The molecule has 6 heteroatoms. The molecule has 1 heterocycles. The summed E-state index contributed by atoms with van der Waals surface area (Å²) in [6.07, 6.45) is 0. The molecular formula is C22H31N5O. The topological polar surface area (TPSA) is 50.9 Å². The number of amides is 2. The largest absolute Gasteiger partial charge is 0.370 e. The summed E-state index contributed by atoms with van der Waals surface area (Å²) < 4.78 is 0. The number of likely N-dealkylation sites (N-methyl/N-ethyl adjacent to an activating group) is 2. The molecule has 2 aromatic carbocycles. The lowest BCUT2D eigenvalue weighted by atomic mass is 10.2. The SMILES string of the molecule is C[C@H](CNC(=O)Nc1ccccc1N1CCN(C)CC1)N(C)c1ccccc1. The second-order valence-corrected chi connectivity index (χ2v) is 7.44. The van der Waals surface area contributed by atoms with Gasteiger partial charge in [0.05, 0.1) is 11.4 Å². The Morgan fingerprint density at radius 2 is 1.68 bits per heavy atom. The Morgan fingerprint density at radius 1 is 1.04 bits per heavy atom. The van der Waals surface area contributed by atoms with Gasteiger partial charge in [0.1, 0.15) is 0 Å². The monoisotopic (exact) mass is 381 g/mol. The minimum absolute atomic E-state index is 0.171. The average molecular weight is 382 g/mol. The van der Waals surface area contributed by atoms with Crippen LogP contribution >= 0.6 is 0 Å². The quantitative estimate of drug-likeness (QED) is 0.807. The molecule has 1 aliphatic rings. The summed E-state index contributed by atoms with van der Waals surface area (Å²) in [5.41, 5.74) is 3.08. The van der Waals surface area contributed by atoms with Gasteiger partial charge in [0.25, 0.3) is 0 Å². The van der Waals surface area contributed by atoms with Gasteiger partial charge in [-0.25, -0.2) is 4.79 Å². The summed E-state index contributed by atoms with van der Waals surface area (Å²) in [5, 5.41) is 6.03. The van der Waals surface area contributed by atoms with E-state index in [1.165, 1.54) is 0 Å². The maximum atomic E-state index is 12.5. The number of hydrogen-bond acceptors (Lipinski definition) is 4. The molecule has 0 saturated carbocycles. The van der Waals surface area contributed by atoms with Crippen molar-refractivity contribution in [3.63, 3.8) is 0 Å². The van der Waals surface area contributed by atoms with Crippen molar-refractivity contribution in [1.82, 2.24) is 10.2 Å². The van der Waals surface area contributed by atoms with Gasteiger partial charge in [-0.15, -0.1) is 0 Å². The number of para-hydroxylation sites is 3. The van der Waals surface area contributed by atoms with Crippen LogP contribution in [0.3, 0.4) is 0 Å². The van der Waals surface area contributed by atoms with Gasteiger partial charge in [0, 0.05) is 51.5 Å². The number of nitrogens with zero attached hydrogens (tertiary/aromatic N) is 3. The van der Waals surface area contributed by atoms with Crippen LogP contribution in [0.15, 0.2) is 54.6 Å². The Morgan fingerprint density at radius 3 is 2.39 bits per heavy atom. The number of hydrogen-bond donors (Lipinski definition) is 2. The maximum Gasteiger partial charge on any atom is 0.319 e. The molecule has 1 saturated heterocycles. The Labute approximate surface area is 168 Å². The number of benzene rings is 2. The molecule has 1 fully saturated rings. The first-order valence-electron chi connectivity index (χ1n) is 9.90. The fourth-order valence-electron chi connectivity index (χ4n) is 3.36. The van der Waals surface area contributed by atoms with Crippen molar-refractivity contribution in [3.05, 3.63) is 54.6 Å². The van der Waals surface area contributed by atoms with Crippen LogP contribution in [0.4, 0.5) is 21.9 Å². The molecule has 0 aliphatic carbocycles. The summed E-state index contributed by atoms with van der Waals surface area (Å²) in [6, 6.07) is 18.2. The van der Waals surface area contributed by atoms with Crippen LogP contribution in [0, 0.1) is 0 Å². The summed E-state index contributed by atoms with van der Waals surface area (Å²) in [7, 11) is 4.19. The summed E-state index contributed by atoms with van der Waals surface area (Å²) in [4.78, 5) is 19.3. The van der Waals surface area contributed by atoms with Gasteiger partial charge in [-0.2, -0.15) is 0 Å². The molecule has 3 rings (SSSR count). The van der Waals surface area contributed by atoms with Crippen LogP contribution in [-0.2, 0) is 0 Å². The fraction of sp³-hybridized carbons (Fsp3) is 0.409. The van der Waals surface area contributed by atoms with Gasteiger partial charge in [-0.3, -0.25) is 0 Å². The molecule has 0 spiro atoms. The molecule has 0 bridgehead atoms. The molecule has 2 amide bonds. The summed E-state index contributed by atoms with van der Waals surface area (Å²) in [5.74, 6) is 0. The number of anilines is 3. The molecule has 1 aliphatic heterocycles. The van der Waals surface area contributed by atoms with E-state index in [0.29, 0.717) is 6.54 Å². The first kappa shape index (κ1) is 20.0. The van der Waals surface area contributed by atoms with Gasteiger partial charge < -0.3 is 25.3 Å². The third kappa shape index (κ3) is 5.16. The maximum absolute atomic E-state index is 12.5. The van der Waals surface area contributed by atoms with E-state index in [2.05, 4.69) is 57.5 Å². The molecule has 28 heavy (non-hydrogen) atoms. The Hall–Kier alpha value is -2.73. The summed E-state index contributed by atoms with van der Waals surface area (Å²) in [6.45, 7) is 6.67. The second kappa shape index (κ2) is 9.46. The predicted molar refractivity (Wildman–Crippen MR) is 117 cm³/mol. The molecule has 2 aromatic rings. The number of nitrogens with one attached hydrogen (secondary N) is 2. The average Bonchev–Trinajstić information content (AvgIpc) is 2.73. The molecule has 0 aromatic heterocycles. The van der Waals surface area contributed by atoms with Crippen LogP contribution in [-0.4, -0.2) is 63.8 Å². The Bertz CT molecular complexity index is 759. The van der Waals surface area contributed by atoms with Gasteiger partial charge in [-0.1, -0.05) is 30.3 Å². The van der Waals surface area contributed by atoms with Crippen LogP contribution in [0.25, 0.3) is 0 Å². The minimum Gasteiger partial charge on any atom is -0.370 e. The Balaban J connectivity index is 1.55. The highest BCUT2D eigenvalue weighted by Crippen LogP contribution is 2.26. The third-order valence-corrected chi connectivity index (χ3v) is 5.38. The highest BCUT2D eigenvalue weighted by Gasteiger charge is 2.18. The predicted octanol–water partition coefficient (Wildman–Crippen LogP) is 3.08. The lowest BCUT2D eigenvalue weighted by Crippen LogP contribution is -2.45. The molecule has 0 radical (unpaired) electrons. The van der Waals surface area contributed by atoms with Gasteiger partial charge in [0.15, 0.2) is 0 Å². The van der Waals surface area contributed by atoms with Gasteiger partial charge in [-0.05, 0) is 38.2 Å². The van der Waals surface area contributed by atoms with Crippen molar-refractivity contribution < 1.29 is 4.79 Å². The zero-order chi connectivity index (χ0) is 19.9. The Kier molecular flexibility index (Phi) is 6.76. The van der Waals surface area contributed by atoms with Crippen LogP contribution in [0.1, 0.15) is 6.92 Å². The third-order valence-electron chi connectivity index (χ3n) is 5.38. The van der Waals surface area contributed by atoms with E-state index in [4.69, 9.17) is 0 Å². The highest BCUT2D eigenvalue weighted by atomic mass is 16.2. The lowest BCUT2D eigenvalue weighted by Gasteiger charge is -2.35. The normalized spacial score (nSPS) is 15.8. The molecule has 150 valence electrons. The summed E-state index contributed by atoms with van der Waals surface area (Å²) >= 11 is 0. The van der Waals surface area contributed by atoms with Gasteiger partial charge in [0.2, 0.25) is 0 Å². The molecule has 1 atom stereocenters. The minimum atomic E-state index is -0.171. The zero-order valence-electron chi connectivity index (χ0n) is 17.1. The standard InChI is InChI=1S/C22H31N5O/c1-18(26(3)19-9-5-4-6-10-19)17-23-22(28)24-20-11-7-8-12-21(20)27-15-13-25(2)14-16-27/h4-12,18H,13-17H2,1-3H3,(H2,23,24,28)/t18-/m1/s1. The number of rotatable bonds is 6. The van der Waals surface area contributed by atoms with Crippen molar-refractivity contribution in [3.8, 4) is 0 Å². The van der Waals surface area contributed by atoms with E-state index in [1.54, 1.807) is 0 Å². The van der Waals surface area contributed by atoms with Crippen molar-refractivity contribution >= 4 is 23.1 Å². The van der Waals surface area contributed by atoms with E-state index in [-0.39, 0.29) is 12.1 Å². The fourth-order valence-corrected chi connectivity index (χ4v) is 3.36. The zero-order valence-corrected chi connectivity index (χ0v) is 17.1. The van der Waals surface area contributed by atoms with Crippen LogP contribution in [0.5, 0.6) is 0 Å². The molecular weight excluding hydrogens is 350 g/mol. The number of carbonyl (C=O) groups is 1. The molecule has 0 unspecified atom stereocenters. The van der Waals surface area contributed by atoms with Gasteiger partial charge >= 0.3 is 6.03 Å². The van der Waals surface area contributed by atoms with E-state index in [9.17, 15) is 4.79 Å². The van der Waals surface area contributed by atoms with Crippen LogP contribution in [0.2, 0.25) is 0 Å². The second-order valence-electron chi connectivity index (χ2n) is 7.44. The van der Waals surface area contributed by atoms with E-state index in [0.717, 1.165) is 43.2 Å². The number of carbonyl (C=O) groups excluding carboxylic acids is 1. The number of piperazine rings is 1. The molecule has 6 nitrogen and oxygen atoms in total.